The first kappa shape index (κ1) is 36.0. The summed E-state index contributed by atoms with van der Waals surface area (Å²) in [6.07, 6.45) is 26.8. The van der Waals surface area contributed by atoms with Gasteiger partial charge in [-0.1, -0.05) is 117 Å². The van der Waals surface area contributed by atoms with Crippen LogP contribution in [0.1, 0.15) is 156 Å². The molecule has 0 aliphatic rings. The monoisotopic (exact) mass is 487 g/mol. The van der Waals surface area contributed by atoms with Crippen LogP contribution in [0.4, 0.5) is 0 Å². The number of quaternary nitrogens is 2. The van der Waals surface area contributed by atoms with E-state index in [1.165, 1.54) is 116 Å². The van der Waals surface area contributed by atoms with Crippen molar-refractivity contribution >= 4 is 0 Å². The van der Waals surface area contributed by atoms with E-state index in [0.29, 0.717) is 0 Å². The van der Waals surface area contributed by atoms with E-state index >= 15 is 0 Å². The molecule has 0 heterocycles. The van der Waals surface area contributed by atoms with Gasteiger partial charge in [0.1, 0.15) is 0 Å². The zero-order valence-corrected chi connectivity index (χ0v) is 24.7. The molecule has 0 aromatic heterocycles. The van der Waals surface area contributed by atoms with Crippen molar-refractivity contribution in [3.63, 3.8) is 0 Å². The van der Waals surface area contributed by atoms with Crippen LogP contribution in [0.25, 0.3) is 0 Å². The summed E-state index contributed by atoms with van der Waals surface area (Å²) in [5.41, 5.74) is 0. The molecule has 0 atom stereocenters. The zero-order chi connectivity index (χ0) is 26.0. The fraction of sp³-hybridized carbons (Fsp3) is 1.00. The second-order valence-corrected chi connectivity index (χ2v) is 11.1. The maximum absolute atomic E-state index is 12.0. The van der Waals surface area contributed by atoms with E-state index in [1.807, 2.05) is 13.8 Å². The summed E-state index contributed by atoms with van der Waals surface area (Å²) in [5.74, 6) is 0. The van der Waals surface area contributed by atoms with Crippen LogP contribution in [0.15, 0.2) is 0 Å². The normalized spacial score (nSPS) is 12.0. The molecule has 0 N–H and O–H groups in total. The Morgan fingerprint density at radius 2 is 0.647 bits per heavy atom. The van der Waals surface area contributed by atoms with Crippen LogP contribution in [-0.2, 0) is 0 Å². The minimum atomic E-state index is -0.128. The molecule has 34 heavy (non-hydrogen) atoms. The Morgan fingerprint density at radius 3 is 0.912 bits per heavy atom. The van der Waals surface area contributed by atoms with Crippen molar-refractivity contribution in [2.45, 2.75) is 156 Å². The molecule has 0 saturated carbocycles. The van der Waals surface area contributed by atoms with Crippen LogP contribution in [0.5, 0.6) is 0 Å². The molecule has 0 aliphatic carbocycles. The lowest BCUT2D eigenvalue weighted by Gasteiger charge is -2.41. The van der Waals surface area contributed by atoms with Crippen LogP contribution < -0.4 is 0 Å². The third kappa shape index (κ3) is 29.9. The van der Waals surface area contributed by atoms with E-state index in [0.717, 1.165) is 39.0 Å². The predicted molar refractivity (Wildman–Crippen MR) is 154 cm³/mol. The number of unbranched alkanes of at least 4 members (excludes halogenated alkanes) is 18. The summed E-state index contributed by atoms with van der Waals surface area (Å²) in [6, 6.07) is 0. The van der Waals surface area contributed by atoms with Crippen LogP contribution in [0, 0.1) is 10.4 Å². The molecule has 0 radical (unpaired) electrons. The molecule has 0 bridgehead atoms. The molecule has 0 amide bonds. The summed E-state index contributed by atoms with van der Waals surface area (Å²) < 4.78 is -0.117. The van der Waals surface area contributed by atoms with Gasteiger partial charge in [0.05, 0.1) is 40.3 Å². The van der Waals surface area contributed by atoms with Gasteiger partial charge in [0.15, 0.2) is 0 Å². The van der Waals surface area contributed by atoms with Crippen LogP contribution in [0.3, 0.4) is 0 Å². The molecular weight excluding hydrogens is 420 g/mol. The Balaban J connectivity index is 0. The van der Waals surface area contributed by atoms with E-state index in [9.17, 15) is 10.4 Å². The van der Waals surface area contributed by atoms with Gasteiger partial charge in [-0.3, -0.25) is 0 Å². The molecule has 0 aromatic rings. The number of hydrogen-bond donors (Lipinski definition) is 0. The molecule has 0 unspecified atom stereocenters. The van der Waals surface area contributed by atoms with E-state index in [4.69, 9.17) is 0 Å². The van der Waals surface area contributed by atoms with E-state index in [2.05, 4.69) is 13.8 Å². The third-order valence-corrected chi connectivity index (χ3v) is 7.12. The van der Waals surface area contributed by atoms with Crippen molar-refractivity contribution in [2.75, 3.05) is 40.3 Å². The molecule has 0 rings (SSSR count). The SMILES string of the molecule is CCCCCCCCCCCC[N+](C)(C)[O-].CCCCCCCCCCCC[N+]([O-])(CC)CC. The van der Waals surface area contributed by atoms with Crippen molar-refractivity contribution in [1.29, 1.82) is 0 Å². The molecule has 0 spiro atoms. The molecule has 0 saturated heterocycles. The summed E-state index contributed by atoms with van der Waals surface area (Å²) in [6.45, 7) is 11.6. The maximum atomic E-state index is 12.0. The minimum absolute atomic E-state index is 0.0109. The van der Waals surface area contributed by atoms with Crippen LogP contribution in [0.2, 0.25) is 0 Å². The lowest BCUT2D eigenvalue weighted by molar-refractivity contribution is -0.877. The second kappa shape index (κ2) is 25.9. The van der Waals surface area contributed by atoms with Gasteiger partial charge in [-0.2, -0.15) is 0 Å². The first-order valence-corrected chi connectivity index (χ1v) is 15.4. The third-order valence-electron chi connectivity index (χ3n) is 7.12. The molecule has 4 nitrogen and oxygen atoms in total. The highest BCUT2D eigenvalue weighted by atomic mass is 16.5. The highest BCUT2D eigenvalue weighted by Crippen LogP contribution is 2.13. The summed E-state index contributed by atoms with van der Waals surface area (Å²) >= 11 is 0. The topological polar surface area (TPSA) is 46.1 Å². The minimum Gasteiger partial charge on any atom is -0.633 e. The van der Waals surface area contributed by atoms with Crippen molar-refractivity contribution < 1.29 is 9.29 Å². The zero-order valence-electron chi connectivity index (χ0n) is 24.7. The molecule has 4 heteroatoms. The van der Waals surface area contributed by atoms with Crippen molar-refractivity contribution in [3.8, 4) is 0 Å². The Bertz CT molecular complexity index is 378. The van der Waals surface area contributed by atoms with Gasteiger partial charge < -0.3 is 19.7 Å². The van der Waals surface area contributed by atoms with E-state index in [1.54, 1.807) is 14.1 Å². The number of nitrogens with zero attached hydrogens (tertiary/aromatic N) is 2. The fourth-order valence-corrected chi connectivity index (χ4v) is 4.41. The molecule has 0 aromatic carbocycles. The smallest absolute Gasteiger partial charge is 0.0783 e. The molecule has 208 valence electrons. The van der Waals surface area contributed by atoms with Crippen LogP contribution >= 0.6 is 0 Å². The molecule has 0 aliphatic heterocycles. The Morgan fingerprint density at radius 1 is 0.382 bits per heavy atom. The summed E-state index contributed by atoms with van der Waals surface area (Å²) in [4.78, 5) is 0. The number of hydroxylamine groups is 6. The Kier molecular flexibility index (Phi) is 27.4. The van der Waals surface area contributed by atoms with Gasteiger partial charge >= 0.3 is 0 Å². The van der Waals surface area contributed by atoms with Gasteiger partial charge in [0.25, 0.3) is 0 Å². The fourth-order valence-electron chi connectivity index (χ4n) is 4.41. The average molecular weight is 487 g/mol. The summed E-state index contributed by atoms with van der Waals surface area (Å²) in [5, 5.41) is 23.3. The molecular formula is C30H66N2O2. The lowest BCUT2D eigenvalue weighted by atomic mass is 10.1. The van der Waals surface area contributed by atoms with Gasteiger partial charge in [0, 0.05) is 0 Å². The van der Waals surface area contributed by atoms with E-state index in [-0.39, 0.29) is 9.29 Å². The first-order chi connectivity index (χ1) is 16.2. The molecule has 0 fully saturated rings. The quantitative estimate of drug-likeness (QED) is 0.0774. The van der Waals surface area contributed by atoms with Crippen molar-refractivity contribution in [3.05, 3.63) is 10.4 Å². The van der Waals surface area contributed by atoms with E-state index < -0.39 is 0 Å². The lowest BCUT2D eigenvalue weighted by Crippen LogP contribution is -2.42. The standard InChI is InChI=1S/C16H35NO.C14H31NO/c1-4-7-8-9-10-11-12-13-14-15-16-17(18,5-2)6-3;1-4-5-6-7-8-9-10-11-12-13-14-15(2,3)16/h4-16H2,1-3H3;4-14H2,1-3H3. The first-order valence-electron chi connectivity index (χ1n) is 15.4. The van der Waals surface area contributed by atoms with Gasteiger partial charge in [-0.15, -0.1) is 0 Å². The van der Waals surface area contributed by atoms with Gasteiger partial charge in [-0.25, -0.2) is 0 Å². The van der Waals surface area contributed by atoms with Gasteiger partial charge in [0.2, 0.25) is 0 Å². The number of hydrogen-bond acceptors (Lipinski definition) is 2. The summed E-state index contributed by atoms with van der Waals surface area (Å²) in [7, 11) is 3.46. The largest absolute Gasteiger partial charge is 0.633 e. The van der Waals surface area contributed by atoms with Crippen LogP contribution in [-0.4, -0.2) is 49.6 Å². The predicted octanol–water partition coefficient (Wildman–Crippen LogP) is 9.74. The Labute approximate surface area is 216 Å². The highest BCUT2D eigenvalue weighted by Gasteiger charge is 2.09. The van der Waals surface area contributed by atoms with Crippen molar-refractivity contribution in [1.82, 2.24) is 0 Å². The average Bonchev–Trinajstić information content (AvgIpc) is 2.81. The van der Waals surface area contributed by atoms with Gasteiger partial charge in [-0.05, 0) is 39.5 Å². The maximum Gasteiger partial charge on any atom is 0.0783 e. The van der Waals surface area contributed by atoms with Crippen molar-refractivity contribution in [2.24, 2.45) is 0 Å². The number of rotatable bonds is 24. The Hall–Kier alpha value is -0.160. The highest BCUT2D eigenvalue weighted by molar-refractivity contribution is 4.49. The second-order valence-electron chi connectivity index (χ2n) is 11.1.